The summed E-state index contributed by atoms with van der Waals surface area (Å²) >= 11 is 3.72. The Hall–Kier alpha value is -7.10. The zero-order valence-electron chi connectivity index (χ0n) is 32.4. The van der Waals surface area contributed by atoms with Crippen molar-refractivity contribution in [2.75, 3.05) is 0 Å². The Morgan fingerprint density at radius 3 is 0.867 bits per heavy atom. The standard InChI is InChI=1S/C58H34S2/c1-3-7-39-21-47-25-43-17-35(9-13-41(43)23-45(47)19-37(39)5-1)11-15-55-31-53-29-49-27-52-34-58-54(30-50(52)28-51(49)33-57(53)59-55)32-56(60-58)16-12-36-10-14-42-24-46-20-38-6-2-4-8-40(38)22-48(46)26-44(42)18-36/h1-34H/b15-11+,16-12+. The third-order valence-corrected chi connectivity index (χ3v) is 14.5. The number of thiophene rings is 2. The van der Waals surface area contributed by atoms with Gasteiger partial charge in [0.1, 0.15) is 0 Å². The van der Waals surface area contributed by atoms with Gasteiger partial charge in [-0.2, -0.15) is 0 Å². The second kappa shape index (κ2) is 13.2. The molecule has 0 unspecified atom stereocenters. The summed E-state index contributed by atoms with van der Waals surface area (Å²) in [7, 11) is 0. The topological polar surface area (TPSA) is 0 Å². The van der Waals surface area contributed by atoms with Gasteiger partial charge >= 0.3 is 0 Å². The highest BCUT2D eigenvalue weighted by atomic mass is 32.1. The van der Waals surface area contributed by atoms with Crippen molar-refractivity contribution in [3.63, 3.8) is 0 Å². The van der Waals surface area contributed by atoms with Gasteiger partial charge in [0.2, 0.25) is 0 Å². The van der Waals surface area contributed by atoms with Gasteiger partial charge in [-0.15, -0.1) is 22.7 Å². The summed E-state index contributed by atoms with van der Waals surface area (Å²) < 4.78 is 2.64. The molecule has 2 heteroatoms. The van der Waals surface area contributed by atoms with E-state index < -0.39 is 0 Å². The molecule has 11 aromatic carbocycles. The summed E-state index contributed by atoms with van der Waals surface area (Å²) in [6.45, 7) is 0. The van der Waals surface area contributed by atoms with E-state index in [0.717, 1.165) is 0 Å². The number of hydrogen-bond acceptors (Lipinski definition) is 2. The molecular weight excluding hydrogens is 761 g/mol. The first kappa shape index (κ1) is 33.8. The molecule has 0 atom stereocenters. The van der Waals surface area contributed by atoms with E-state index in [0.29, 0.717) is 0 Å². The van der Waals surface area contributed by atoms with E-state index in [1.54, 1.807) is 0 Å². The van der Waals surface area contributed by atoms with Crippen LogP contribution < -0.4 is 0 Å². The number of rotatable bonds is 4. The summed E-state index contributed by atoms with van der Waals surface area (Å²) in [4.78, 5) is 2.53. The quantitative estimate of drug-likeness (QED) is 0.156. The van der Waals surface area contributed by atoms with E-state index in [4.69, 9.17) is 0 Å². The van der Waals surface area contributed by atoms with Crippen molar-refractivity contribution < 1.29 is 0 Å². The lowest BCUT2D eigenvalue weighted by atomic mass is 9.98. The predicted octanol–water partition coefficient (Wildman–Crippen LogP) is 17.7. The molecule has 0 aliphatic rings. The van der Waals surface area contributed by atoms with Crippen LogP contribution in [0, 0.1) is 0 Å². The zero-order valence-corrected chi connectivity index (χ0v) is 34.1. The highest BCUT2D eigenvalue weighted by Crippen LogP contribution is 2.37. The Morgan fingerprint density at radius 1 is 0.217 bits per heavy atom. The Kier molecular flexibility index (Phi) is 7.45. The van der Waals surface area contributed by atoms with Gasteiger partial charge in [0.25, 0.3) is 0 Å². The summed E-state index contributed by atoms with van der Waals surface area (Å²) in [5, 5.41) is 23.1. The maximum Gasteiger partial charge on any atom is 0.0355 e. The van der Waals surface area contributed by atoms with E-state index in [1.165, 1.54) is 127 Å². The maximum atomic E-state index is 2.37. The van der Waals surface area contributed by atoms with Crippen molar-refractivity contribution in [2.24, 2.45) is 0 Å². The van der Waals surface area contributed by atoms with Crippen LogP contribution in [0.15, 0.2) is 182 Å². The molecule has 2 aromatic heterocycles. The van der Waals surface area contributed by atoms with Crippen molar-refractivity contribution in [1.29, 1.82) is 0 Å². The van der Waals surface area contributed by atoms with Crippen LogP contribution in [-0.4, -0.2) is 0 Å². The Labute approximate surface area is 354 Å². The average molecular weight is 795 g/mol. The van der Waals surface area contributed by atoms with Crippen LogP contribution in [0.5, 0.6) is 0 Å². The molecule has 0 fully saturated rings. The highest BCUT2D eigenvalue weighted by molar-refractivity contribution is 7.20. The molecule has 60 heavy (non-hydrogen) atoms. The normalized spacial score (nSPS) is 12.5. The lowest BCUT2D eigenvalue weighted by Crippen LogP contribution is -1.80. The first-order valence-corrected chi connectivity index (χ1v) is 22.1. The minimum atomic E-state index is 1.21. The fraction of sp³-hybridized carbons (Fsp3) is 0. The molecular formula is C58H34S2. The van der Waals surface area contributed by atoms with E-state index in [1.807, 2.05) is 22.7 Å². The van der Waals surface area contributed by atoms with Crippen molar-refractivity contribution in [1.82, 2.24) is 0 Å². The van der Waals surface area contributed by atoms with Crippen LogP contribution in [0.25, 0.3) is 131 Å². The molecule has 2 heterocycles. The third kappa shape index (κ3) is 5.87. The molecule has 0 bridgehead atoms. The molecule has 278 valence electrons. The van der Waals surface area contributed by atoms with E-state index in [9.17, 15) is 0 Å². The Morgan fingerprint density at radius 2 is 0.500 bits per heavy atom. The minimum absolute atomic E-state index is 1.21. The van der Waals surface area contributed by atoms with Gasteiger partial charge in [-0.25, -0.2) is 0 Å². The monoisotopic (exact) mass is 794 g/mol. The summed E-state index contributed by atoms with van der Waals surface area (Å²) in [6, 6.07) is 68.2. The second-order valence-electron chi connectivity index (χ2n) is 16.3. The van der Waals surface area contributed by atoms with Crippen molar-refractivity contribution in [3.05, 3.63) is 203 Å². The first-order chi connectivity index (χ1) is 29.6. The average Bonchev–Trinajstić information content (AvgIpc) is 3.87. The fourth-order valence-corrected chi connectivity index (χ4v) is 11.3. The van der Waals surface area contributed by atoms with Crippen LogP contribution in [0.2, 0.25) is 0 Å². The number of benzene rings is 11. The zero-order chi connectivity index (χ0) is 39.3. The molecule has 0 N–H and O–H groups in total. The SMILES string of the molecule is C(=C\c1cc2cc3cc4cc5sc(/C=C/c6ccc7cc8cc9ccccc9cc8cc7c6)cc5cc4cc3cc2s1)/c1ccc2cc3cc4ccccc4cc3cc2c1. The van der Waals surface area contributed by atoms with Crippen molar-refractivity contribution in [3.8, 4) is 0 Å². The molecule has 13 aromatic rings. The highest BCUT2D eigenvalue weighted by Gasteiger charge is 2.09. The van der Waals surface area contributed by atoms with Gasteiger partial charge in [0, 0.05) is 19.2 Å². The van der Waals surface area contributed by atoms with Gasteiger partial charge in [0.05, 0.1) is 0 Å². The van der Waals surface area contributed by atoms with Crippen molar-refractivity contribution >= 4 is 153 Å². The molecule has 0 nitrogen and oxygen atoms in total. The maximum absolute atomic E-state index is 2.37. The van der Waals surface area contributed by atoms with Gasteiger partial charge in [-0.3, -0.25) is 0 Å². The molecule has 0 amide bonds. The van der Waals surface area contributed by atoms with Gasteiger partial charge < -0.3 is 0 Å². The summed E-state index contributed by atoms with van der Waals surface area (Å²) in [5.74, 6) is 0. The van der Waals surface area contributed by atoms with Gasteiger partial charge in [0.15, 0.2) is 0 Å². The van der Waals surface area contributed by atoms with Gasteiger partial charge in [-0.1, -0.05) is 84.9 Å². The van der Waals surface area contributed by atoms with Crippen LogP contribution in [0.4, 0.5) is 0 Å². The molecule has 0 radical (unpaired) electrons. The largest absolute Gasteiger partial charge is 0.136 e. The first-order valence-electron chi connectivity index (χ1n) is 20.5. The second-order valence-corrected chi connectivity index (χ2v) is 18.5. The molecule has 0 spiro atoms. The van der Waals surface area contributed by atoms with Crippen LogP contribution >= 0.6 is 22.7 Å². The van der Waals surface area contributed by atoms with Gasteiger partial charge in [-0.05, 0) is 229 Å². The molecule has 0 aliphatic heterocycles. The molecule has 0 saturated heterocycles. The van der Waals surface area contributed by atoms with E-state index in [-0.39, 0.29) is 0 Å². The third-order valence-electron chi connectivity index (χ3n) is 12.4. The Balaban J connectivity index is 0.776. The summed E-state index contributed by atoms with van der Waals surface area (Å²) in [6.07, 6.45) is 9.04. The summed E-state index contributed by atoms with van der Waals surface area (Å²) in [5.41, 5.74) is 2.43. The van der Waals surface area contributed by atoms with Crippen LogP contribution in [0.3, 0.4) is 0 Å². The Bertz CT molecular complexity index is 3660. The van der Waals surface area contributed by atoms with Crippen LogP contribution in [-0.2, 0) is 0 Å². The lowest BCUT2D eigenvalue weighted by Gasteiger charge is -2.06. The lowest BCUT2D eigenvalue weighted by molar-refractivity contribution is 1.73. The van der Waals surface area contributed by atoms with E-state index >= 15 is 0 Å². The fourth-order valence-electron chi connectivity index (χ4n) is 9.27. The van der Waals surface area contributed by atoms with Crippen molar-refractivity contribution in [2.45, 2.75) is 0 Å². The van der Waals surface area contributed by atoms with Crippen LogP contribution in [0.1, 0.15) is 20.9 Å². The molecule has 0 saturated carbocycles. The van der Waals surface area contributed by atoms with E-state index in [2.05, 4.69) is 206 Å². The smallest absolute Gasteiger partial charge is 0.0355 e. The predicted molar refractivity (Wildman–Crippen MR) is 268 cm³/mol. The number of hydrogen-bond donors (Lipinski definition) is 0. The minimum Gasteiger partial charge on any atom is -0.136 e. The number of fused-ring (bicyclic) bond motifs is 10. The molecule has 0 aliphatic carbocycles. The molecule has 13 rings (SSSR count).